The van der Waals surface area contributed by atoms with Crippen molar-refractivity contribution in [1.29, 1.82) is 0 Å². The number of hydrogen-bond donors (Lipinski definition) is 3. The summed E-state index contributed by atoms with van der Waals surface area (Å²) >= 11 is 0. The topological polar surface area (TPSA) is 111 Å². The van der Waals surface area contributed by atoms with Gasteiger partial charge in [0.1, 0.15) is 12.0 Å². The van der Waals surface area contributed by atoms with Gasteiger partial charge in [-0.2, -0.15) is 15.1 Å². The van der Waals surface area contributed by atoms with Crippen LogP contribution in [-0.4, -0.2) is 39.5 Å². The summed E-state index contributed by atoms with van der Waals surface area (Å²) in [5, 5.41) is 7.39. The maximum Gasteiger partial charge on any atom is 0.242 e. The maximum atomic E-state index is 5.67. The van der Waals surface area contributed by atoms with Crippen LogP contribution in [0, 0.1) is 0 Å². The number of aromatic amines is 1. The first-order chi connectivity index (χ1) is 8.86. The molecule has 1 unspecified atom stereocenters. The molecule has 8 nitrogen and oxygen atoms in total. The summed E-state index contributed by atoms with van der Waals surface area (Å²) in [7, 11) is 0. The average Bonchev–Trinajstić information content (AvgIpc) is 3.06. The van der Waals surface area contributed by atoms with E-state index in [1.807, 2.05) is 0 Å². The molecule has 0 aromatic carbocycles. The van der Waals surface area contributed by atoms with Crippen molar-refractivity contribution >= 4 is 17.0 Å². The highest BCUT2D eigenvalue weighted by molar-refractivity contribution is 5.80. The number of nitrogens with two attached hydrogens (primary N) is 1. The lowest BCUT2D eigenvalue weighted by Crippen LogP contribution is -2.18. The monoisotopic (exact) mass is 250 g/mol. The molecule has 18 heavy (non-hydrogen) atoms. The van der Waals surface area contributed by atoms with Gasteiger partial charge in [-0.15, -0.1) is 0 Å². The third-order valence-electron chi connectivity index (χ3n) is 2.83. The van der Waals surface area contributed by atoms with E-state index in [2.05, 4.69) is 25.6 Å². The Hall–Kier alpha value is -1.93. The minimum Gasteiger partial charge on any atom is -0.474 e. The molecule has 96 valence electrons. The molecule has 4 N–H and O–H groups in total. The molecule has 1 saturated heterocycles. The number of rotatable bonds is 4. The normalized spacial score (nSPS) is 19.3. The molecule has 0 spiro atoms. The molecule has 0 amide bonds. The van der Waals surface area contributed by atoms with Crippen molar-refractivity contribution in [3.8, 4) is 5.88 Å². The molecule has 1 fully saturated rings. The van der Waals surface area contributed by atoms with Gasteiger partial charge >= 0.3 is 0 Å². The van der Waals surface area contributed by atoms with Crippen LogP contribution >= 0.6 is 0 Å². The molecule has 0 radical (unpaired) electrons. The lowest BCUT2D eigenvalue weighted by atomic mass is 10.2. The summed E-state index contributed by atoms with van der Waals surface area (Å²) in [5.74, 6) is 6.05. The molecule has 2 aromatic rings. The molecule has 0 aliphatic carbocycles. The molecular weight excluding hydrogens is 236 g/mol. The van der Waals surface area contributed by atoms with E-state index in [9.17, 15) is 0 Å². The van der Waals surface area contributed by atoms with Gasteiger partial charge in [-0.1, -0.05) is 0 Å². The Kier molecular flexibility index (Phi) is 2.95. The minimum absolute atomic E-state index is 0.135. The first kappa shape index (κ1) is 11.2. The second-order valence-electron chi connectivity index (χ2n) is 4.08. The number of hydrogen-bond acceptors (Lipinski definition) is 7. The van der Waals surface area contributed by atoms with Crippen molar-refractivity contribution in [3.63, 3.8) is 0 Å². The van der Waals surface area contributed by atoms with Crippen LogP contribution in [0.3, 0.4) is 0 Å². The summed E-state index contributed by atoms with van der Waals surface area (Å²) in [5.41, 5.74) is 2.98. The van der Waals surface area contributed by atoms with Crippen molar-refractivity contribution in [1.82, 2.24) is 20.2 Å². The quantitative estimate of drug-likeness (QED) is 0.525. The van der Waals surface area contributed by atoms with Crippen molar-refractivity contribution in [2.24, 2.45) is 5.84 Å². The van der Waals surface area contributed by atoms with Crippen LogP contribution in [-0.2, 0) is 4.74 Å². The fourth-order valence-corrected chi connectivity index (χ4v) is 1.93. The van der Waals surface area contributed by atoms with Crippen molar-refractivity contribution < 1.29 is 9.47 Å². The van der Waals surface area contributed by atoms with Gasteiger partial charge in [0.2, 0.25) is 11.8 Å². The van der Waals surface area contributed by atoms with Gasteiger partial charge in [0.05, 0.1) is 12.3 Å². The molecule has 0 saturated carbocycles. The van der Waals surface area contributed by atoms with Gasteiger partial charge in [0.15, 0.2) is 5.65 Å². The van der Waals surface area contributed by atoms with Gasteiger partial charge in [0, 0.05) is 6.61 Å². The van der Waals surface area contributed by atoms with Crippen LogP contribution in [0.2, 0.25) is 0 Å². The molecule has 1 aliphatic heterocycles. The Morgan fingerprint density at radius 2 is 2.50 bits per heavy atom. The standard InChI is InChI=1S/C10H14N6O2/c11-15-10-13-8-7(4-12-16-8)9(14-10)18-5-6-2-1-3-17-6/h4,6H,1-3,5,11H2,(H2,12,13,14,15,16). The highest BCUT2D eigenvalue weighted by Crippen LogP contribution is 2.23. The van der Waals surface area contributed by atoms with E-state index in [0.717, 1.165) is 24.8 Å². The highest BCUT2D eigenvalue weighted by atomic mass is 16.5. The van der Waals surface area contributed by atoms with E-state index in [0.29, 0.717) is 18.1 Å². The number of hydrazine groups is 1. The van der Waals surface area contributed by atoms with E-state index in [1.54, 1.807) is 6.20 Å². The molecule has 0 bridgehead atoms. The number of aromatic nitrogens is 4. The Bertz CT molecular complexity index is 536. The van der Waals surface area contributed by atoms with E-state index in [-0.39, 0.29) is 12.1 Å². The fraction of sp³-hybridized carbons (Fsp3) is 0.500. The average molecular weight is 250 g/mol. The SMILES string of the molecule is NNc1nc(OCC2CCCO2)c2cn[nH]c2n1. The van der Waals surface area contributed by atoms with E-state index in [4.69, 9.17) is 15.3 Å². The third-order valence-corrected chi connectivity index (χ3v) is 2.83. The largest absolute Gasteiger partial charge is 0.474 e. The highest BCUT2D eigenvalue weighted by Gasteiger charge is 2.18. The Balaban J connectivity index is 1.82. The molecular formula is C10H14N6O2. The van der Waals surface area contributed by atoms with Gasteiger partial charge in [0.25, 0.3) is 0 Å². The summed E-state index contributed by atoms with van der Waals surface area (Å²) in [4.78, 5) is 8.29. The predicted molar refractivity (Wildman–Crippen MR) is 64.0 cm³/mol. The smallest absolute Gasteiger partial charge is 0.242 e. The summed E-state index contributed by atoms with van der Waals surface area (Å²) in [6.45, 7) is 1.27. The van der Waals surface area contributed by atoms with Crippen LogP contribution in [0.25, 0.3) is 11.0 Å². The van der Waals surface area contributed by atoms with Crippen molar-refractivity contribution in [2.75, 3.05) is 18.6 Å². The zero-order chi connectivity index (χ0) is 12.4. The van der Waals surface area contributed by atoms with Crippen LogP contribution < -0.4 is 16.0 Å². The molecule has 3 heterocycles. The minimum atomic E-state index is 0.135. The van der Waals surface area contributed by atoms with Gasteiger partial charge in [-0.3, -0.25) is 10.5 Å². The van der Waals surface area contributed by atoms with Crippen LogP contribution in [0.15, 0.2) is 6.20 Å². The lowest BCUT2D eigenvalue weighted by Gasteiger charge is -2.11. The predicted octanol–water partition coefficient (Wildman–Crippen LogP) is 0.196. The lowest BCUT2D eigenvalue weighted by molar-refractivity contribution is 0.0669. The maximum absolute atomic E-state index is 5.67. The Morgan fingerprint density at radius 3 is 3.28 bits per heavy atom. The van der Waals surface area contributed by atoms with E-state index < -0.39 is 0 Å². The van der Waals surface area contributed by atoms with Gasteiger partial charge in [-0.25, -0.2) is 5.84 Å². The van der Waals surface area contributed by atoms with Gasteiger partial charge in [-0.05, 0) is 12.8 Å². The number of H-pyrrole nitrogens is 1. The molecule has 3 rings (SSSR count). The molecule has 8 heteroatoms. The van der Waals surface area contributed by atoms with Gasteiger partial charge < -0.3 is 9.47 Å². The summed E-state index contributed by atoms with van der Waals surface area (Å²) in [6.07, 6.45) is 3.85. The number of nitrogens with one attached hydrogen (secondary N) is 2. The van der Waals surface area contributed by atoms with Crippen LogP contribution in [0.5, 0.6) is 5.88 Å². The summed E-state index contributed by atoms with van der Waals surface area (Å²) in [6, 6.07) is 0. The van der Waals surface area contributed by atoms with Crippen LogP contribution in [0.1, 0.15) is 12.8 Å². The molecule has 1 atom stereocenters. The number of fused-ring (bicyclic) bond motifs is 1. The Labute approximate surface area is 103 Å². The van der Waals surface area contributed by atoms with E-state index >= 15 is 0 Å². The van der Waals surface area contributed by atoms with Crippen molar-refractivity contribution in [2.45, 2.75) is 18.9 Å². The fourth-order valence-electron chi connectivity index (χ4n) is 1.93. The second kappa shape index (κ2) is 4.75. The van der Waals surface area contributed by atoms with Crippen molar-refractivity contribution in [3.05, 3.63) is 6.20 Å². The first-order valence-electron chi connectivity index (χ1n) is 5.79. The number of ether oxygens (including phenoxy) is 2. The number of anilines is 1. The Morgan fingerprint density at radius 1 is 1.56 bits per heavy atom. The van der Waals surface area contributed by atoms with E-state index in [1.165, 1.54) is 0 Å². The number of nitrogen functional groups attached to an aromatic ring is 1. The zero-order valence-corrected chi connectivity index (χ0v) is 9.72. The molecule has 1 aliphatic rings. The third kappa shape index (κ3) is 2.07. The second-order valence-corrected chi connectivity index (χ2v) is 4.08. The number of nitrogens with zero attached hydrogens (tertiary/aromatic N) is 3. The summed E-state index contributed by atoms with van der Waals surface area (Å²) < 4.78 is 11.2. The zero-order valence-electron chi connectivity index (χ0n) is 9.72. The van der Waals surface area contributed by atoms with Crippen LogP contribution in [0.4, 0.5) is 5.95 Å². The molecule has 2 aromatic heterocycles. The first-order valence-corrected chi connectivity index (χ1v) is 5.79.